The molecule has 19 heavy (non-hydrogen) atoms. The van der Waals surface area contributed by atoms with Crippen molar-refractivity contribution in [3.05, 3.63) is 27.0 Å². The molecule has 1 aliphatic rings. The summed E-state index contributed by atoms with van der Waals surface area (Å²) in [5, 5.41) is 11.1. The largest absolute Gasteiger partial charge is 0.365 e. The summed E-state index contributed by atoms with van der Waals surface area (Å²) in [6.45, 7) is 2.37. The van der Waals surface area contributed by atoms with Gasteiger partial charge in [-0.3, -0.25) is 15.1 Å². The second-order valence-corrected chi connectivity index (χ2v) is 5.61. The summed E-state index contributed by atoms with van der Waals surface area (Å²) < 4.78 is 0.680. The van der Waals surface area contributed by atoms with Crippen LogP contribution in [0.25, 0.3) is 0 Å². The minimum absolute atomic E-state index is 0.0617. The van der Waals surface area contributed by atoms with E-state index in [1.807, 2.05) is 0 Å². The van der Waals surface area contributed by atoms with Crippen LogP contribution in [-0.4, -0.2) is 29.5 Å². The van der Waals surface area contributed by atoms with Crippen LogP contribution in [0, 0.1) is 16.0 Å². The average molecular weight is 329 g/mol. The number of anilines is 1. The summed E-state index contributed by atoms with van der Waals surface area (Å²) in [7, 11) is 0. The highest BCUT2D eigenvalue weighted by atomic mass is 79.9. The predicted molar refractivity (Wildman–Crippen MR) is 77.2 cm³/mol. The van der Waals surface area contributed by atoms with Gasteiger partial charge in [-0.05, 0) is 47.7 Å². The van der Waals surface area contributed by atoms with Crippen LogP contribution in [0.1, 0.15) is 19.3 Å². The Morgan fingerprint density at radius 1 is 1.47 bits per heavy atom. The van der Waals surface area contributed by atoms with Crippen molar-refractivity contribution in [2.45, 2.75) is 19.3 Å². The van der Waals surface area contributed by atoms with Gasteiger partial charge in [-0.15, -0.1) is 0 Å². The fourth-order valence-electron chi connectivity index (χ4n) is 2.55. The van der Waals surface area contributed by atoms with Gasteiger partial charge in [0, 0.05) is 19.3 Å². The molecule has 0 aliphatic carbocycles. The molecule has 0 radical (unpaired) electrons. The van der Waals surface area contributed by atoms with Gasteiger partial charge in [0.2, 0.25) is 0 Å². The number of piperidine rings is 1. The van der Waals surface area contributed by atoms with Gasteiger partial charge < -0.3 is 10.6 Å². The van der Waals surface area contributed by atoms with Gasteiger partial charge >= 0.3 is 5.69 Å². The van der Waals surface area contributed by atoms with Gasteiger partial charge in [0.25, 0.3) is 0 Å². The number of hydrogen-bond donors (Lipinski definition) is 1. The van der Waals surface area contributed by atoms with Crippen molar-refractivity contribution in [3.8, 4) is 0 Å². The minimum Gasteiger partial charge on any atom is -0.365 e. The van der Waals surface area contributed by atoms with Crippen LogP contribution in [0.2, 0.25) is 0 Å². The SMILES string of the molecule is NCCC1CCN(c2c(Br)cncc2[N+](=O)[O-])CC1. The van der Waals surface area contributed by atoms with E-state index in [1.54, 1.807) is 6.20 Å². The highest BCUT2D eigenvalue weighted by Gasteiger charge is 2.26. The maximum atomic E-state index is 11.1. The van der Waals surface area contributed by atoms with E-state index in [2.05, 4.69) is 25.8 Å². The van der Waals surface area contributed by atoms with E-state index in [9.17, 15) is 10.1 Å². The number of pyridine rings is 1. The number of hydrogen-bond acceptors (Lipinski definition) is 5. The van der Waals surface area contributed by atoms with Crippen LogP contribution in [0.4, 0.5) is 11.4 Å². The first-order valence-corrected chi connectivity index (χ1v) is 7.15. The van der Waals surface area contributed by atoms with Crippen molar-refractivity contribution < 1.29 is 4.92 Å². The first kappa shape index (κ1) is 14.2. The standard InChI is InChI=1S/C12H17BrN4O2/c13-10-7-15-8-11(17(18)19)12(10)16-5-2-9(1-4-14)3-6-16/h7-9H,1-6,14H2. The molecule has 1 saturated heterocycles. The fourth-order valence-corrected chi connectivity index (χ4v) is 3.12. The van der Waals surface area contributed by atoms with Crippen LogP contribution in [0.15, 0.2) is 16.9 Å². The van der Waals surface area contributed by atoms with Gasteiger partial charge in [-0.25, -0.2) is 0 Å². The molecule has 2 rings (SSSR count). The summed E-state index contributed by atoms with van der Waals surface area (Å²) in [5.74, 6) is 0.640. The summed E-state index contributed by atoms with van der Waals surface area (Å²) in [5.41, 5.74) is 6.28. The lowest BCUT2D eigenvalue weighted by Gasteiger charge is -2.33. The molecule has 2 N–H and O–H groups in total. The number of rotatable bonds is 4. The fraction of sp³-hybridized carbons (Fsp3) is 0.583. The van der Waals surface area contributed by atoms with Crippen molar-refractivity contribution in [3.63, 3.8) is 0 Å². The molecule has 1 aromatic heterocycles. The predicted octanol–water partition coefficient (Wildman–Crippen LogP) is 2.32. The Labute approximate surface area is 120 Å². The highest BCUT2D eigenvalue weighted by Crippen LogP contribution is 2.37. The summed E-state index contributed by atoms with van der Waals surface area (Å²) in [4.78, 5) is 16.6. The normalized spacial score (nSPS) is 16.6. The molecule has 1 fully saturated rings. The summed E-state index contributed by atoms with van der Waals surface area (Å²) >= 11 is 3.37. The van der Waals surface area contributed by atoms with Crippen LogP contribution in [0.5, 0.6) is 0 Å². The molecule has 1 aromatic rings. The molecule has 0 amide bonds. The number of halogens is 1. The van der Waals surface area contributed by atoms with E-state index in [1.165, 1.54) is 6.20 Å². The van der Waals surface area contributed by atoms with Crippen molar-refractivity contribution in [1.29, 1.82) is 0 Å². The maximum absolute atomic E-state index is 11.1. The molecule has 6 nitrogen and oxygen atoms in total. The lowest BCUT2D eigenvalue weighted by Crippen LogP contribution is -2.35. The van der Waals surface area contributed by atoms with Gasteiger partial charge in [-0.2, -0.15) is 0 Å². The third-order valence-corrected chi connectivity index (χ3v) is 4.14. The Morgan fingerprint density at radius 3 is 2.74 bits per heavy atom. The summed E-state index contributed by atoms with van der Waals surface area (Å²) in [6, 6.07) is 0. The molecule has 1 aliphatic heterocycles. The zero-order valence-electron chi connectivity index (χ0n) is 10.6. The molecular weight excluding hydrogens is 312 g/mol. The first-order chi connectivity index (χ1) is 9.13. The molecule has 0 saturated carbocycles. The van der Waals surface area contributed by atoms with Crippen LogP contribution in [0.3, 0.4) is 0 Å². The number of aromatic nitrogens is 1. The molecule has 2 heterocycles. The van der Waals surface area contributed by atoms with Crippen molar-refractivity contribution in [2.24, 2.45) is 11.7 Å². The highest BCUT2D eigenvalue weighted by molar-refractivity contribution is 9.10. The Bertz CT molecular complexity index is 461. The third-order valence-electron chi connectivity index (χ3n) is 3.56. The second kappa shape index (κ2) is 6.29. The van der Waals surface area contributed by atoms with Crippen LogP contribution >= 0.6 is 15.9 Å². The lowest BCUT2D eigenvalue weighted by atomic mass is 9.93. The van der Waals surface area contributed by atoms with E-state index >= 15 is 0 Å². The number of nitrogens with zero attached hydrogens (tertiary/aromatic N) is 3. The Hall–Kier alpha value is -1.21. The average Bonchev–Trinajstić information content (AvgIpc) is 2.40. The van der Waals surface area contributed by atoms with Gasteiger partial charge in [0.05, 0.1) is 9.40 Å². The molecule has 0 unspecified atom stereocenters. The molecular formula is C12H17BrN4O2. The lowest BCUT2D eigenvalue weighted by molar-refractivity contribution is -0.384. The van der Waals surface area contributed by atoms with Gasteiger partial charge in [0.1, 0.15) is 11.9 Å². The minimum atomic E-state index is -0.376. The zero-order chi connectivity index (χ0) is 13.8. The maximum Gasteiger partial charge on any atom is 0.311 e. The number of nitrogens with two attached hydrogens (primary N) is 1. The van der Waals surface area contributed by atoms with Crippen molar-refractivity contribution in [1.82, 2.24) is 4.98 Å². The van der Waals surface area contributed by atoms with Gasteiger partial charge in [-0.1, -0.05) is 0 Å². The molecule has 0 atom stereocenters. The summed E-state index contributed by atoms with van der Waals surface area (Å²) in [6.07, 6.45) is 6.01. The van der Waals surface area contributed by atoms with E-state index in [-0.39, 0.29) is 10.6 Å². The molecule has 0 aromatic carbocycles. The third kappa shape index (κ3) is 3.22. The molecule has 104 valence electrons. The molecule has 0 bridgehead atoms. The van der Waals surface area contributed by atoms with E-state index < -0.39 is 0 Å². The monoisotopic (exact) mass is 328 g/mol. The zero-order valence-corrected chi connectivity index (χ0v) is 12.2. The van der Waals surface area contributed by atoms with Crippen molar-refractivity contribution >= 4 is 27.3 Å². The Morgan fingerprint density at radius 2 is 2.16 bits per heavy atom. The smallest absolute Gasteiger partial charge is 0.311 e. The quantitative estimate of drug-likeness (QED) is 0.677. The number of nitro groups is 1. The Balaban J connectivity index is 2.17. The van der Waals surface area contributed by atoms with Crippen LogP contribution in [-0.2, 0) is 0 Å². The second-order valence-electron chi connectivity index (χ2n) is 4.75. The van der Waals surface area contributed by atoms with E-state index in [4.69, 9.17) is 5.73 Å². The first-order valence-electron chi connectivity index (χ1n) is 6.36. The Kier molecular flexibility index (Phi) is 4.71. The van der Waals surface area contributed by atoms with Gasteiger partial charge in [0.15, 0.2) is 0 Å². The molecule has 0 spiro atoms. The van der Waals surface area contributed by atoms with E-state index in [0.29, 0.717) is 22.6 Å². The van der Waals surface area contributed by atoms with Crippen LogP contribution < -0.4 is 10.6 Å². The van der Waals surface area contributed by atoms with E-state index in [0.717, 1.165) is 32.4 Å². The molecule has 7 heteroatoms. The van der Waals surface area contributed by atoms with Crippen molar-refractivity contribution in [2.75, 3.05) is 24.5 Å². The topological polar surface area (TPSA) is 85.3 Å².